The Labute approximate surface area is 228 Å². The molecule has 2 heterocycles. The Morgan fingerprint density at radius 2 is 1.21 bits per heavy atom. The number of nitrogens with zero attached hydrogens (tertiary/aromatic N) is 1. The van der Waals surface area contributed by atoms with Crippen LogP contribution in [-0.2, 0) is 10.8 Å². The van der Waals surface area contributed by atoms with Crippen LogP contribution in [0.3, 0.4) is 0 Å². The molecule has 2 nitrogen and oxygen atoms in total. The first kappa shape index (κ1) is 22.5. The van der Waals surface area contributed by atoms with Crippen LogP contribution >= 0.6 is 0 Å². The highest BCUT2D eigenvalue weighted by atomic mass is 16.1. The minimum atomic E-state index is -0.239. The number of rotatable bonds is 2. The number of hydrogen-bond donors (Lipinski definition) is 0. The molecule has 188 valence electrons. The molecule has 1 aromatic heterocycles. The number of aromatic nitrogens is 1. The van der Waals surface area contributed by atoms with Crippen molar-refractivity contribution in [3.63, 3.8) is 0 Å². The van der Waals surface area contributed by atoms with Gasteiger partial charge in [-0.1, -0.05) is 100 Å². The van der Waals surface area contributed by atoms with Gasteiger partial charge in [0.15, 0.2) is 5.78 Å². The lowest BCUT2D eigenvalue weighted by Gasteiger charge is -2.35. The van der Waals surface area contributed by atoms with Crippen molar-refractivity contribution < 1.29 is 4.79 Å². The summed E-state index contributed by atoms with van der Waals surface area (Å²) in [6.45, 7) is 9.09. The Morgan fingerprint density at radius 1 is 0.564 bits per heavy atom. The van der Waals surface area contributed by atoms with Crippen LogP contribution in [0.1, 0.15) is 65.9 Å². The van der Waals surface area contributed by atoms with E-state index in [9.17, 15) is 4.79 Å². The summed E-state index contributed by atoms with van der Waals surface area (Å²) in [7, 11) is 0. The summed E-state index contributed by atoms with van der Waals surface area (Å²) in [6, 6.07) is 36.4. The van der Waals surface area contributed by atoms with Crippen molar-refractivity contribution >= 4 is 27.6 Å². The summed E-state index contributed by atoms with van der Waals surface area (Å²) in [5, 5.41) is 2.32. The van der Waals surface area contributed by atoms with Crippen LogP contribution in [0.15, 0.2) is 103 Å². The van der Waals surface area contributed by atoms with Crippen molar-refractivity contribution in [2.75, 3.05) is 0 Å². The predicted octanol–water partition coefficient (Wildman–Crippen LogP) is 8.96. The molecule has 39 heavy (non-hydrogen) atoms. The highest BCUT2D eigenvalue weighted by Gasteiger charge is 2.37. The maximum Gasteiger partial charge on any atom is 0.193 e. The molecule has 0 fully saturated rings. The van der Waals surface area contributed by atoms with Gasteiger partial charge in [0, 0.05) is 32.7 Å². The Bertz CT molecular complexity index is 2030. The molecule has 6 aromatic rings. The van der Waals surface area contributed by atoms with E-state index in [1.165, 1.54) is 55.5 Å². The standard InChI is InChI=1S/C37H29NO/c1-36(2)28-13-7-5-11-24(28)25-18-17-22(20-30(25)36)35(39)23-19-27-26-12-6-9-15-32(26)38-33-16-10-8-14-29(33)37(3,4)31(21-23)34(27)38/h5-21H,1-4H3. The molecule has 1 aliphatic carbocycles. The number of fused-ring (bicyclic) bond motifs is 8. The van der Waals surface area contributed by atoms with Crippen LogP contribution in [0.4, 0.5) is 0 Å². The van der Waals surface area contributed by atoms with Crippen LogP contribution < -0.4 is 0 Å². The van der Waals surface area contributed by atoms with Gasteiger partial charge in [0.25, 0.3) is 0 Å². The first-order chi connectivity index (χ1) is 18.8. The van der Waals surface area contributed by atoms with Gasteiger partial charge < -0.3 is 4.57 Å². The van der Waals surface area contributed by atoms with E-state index in [0.717, 1.165) is 16.5 Å². The number of carbonyl (C=O) groups is 1. The van der Waals surface area contributed by atoms with Crippen molar-refractivity contribution in [2.24, 2.45) is 0 Å². The zero-order valence-electron chi connectivity index (χ0n) is 22.7. The molecule has 0 saturated heterocycles. The second kappa shape index (κ2) is 7.36. The summed E-state index contributed by atoms with van der Waals surface area (Å²) in [5.41, 5.74) is 12.3. The first-order valence-electron chi connectivity index (χ1n) is 13.7. The van der Waals surface area contributed by atoms with Crippen molar-refractivity contribution in [2.45, 2.75) is 38.5 Å². The van der Waals surface area contributed by atoms with Crippen molar-refractivity contribution in [3.05, 3.63) is 137 Å². The summed E-state index contributed by atoms with van der Waals surface area (Å²) < 4.78 is 2.39. The highest BCUT2D eigenvalue weighted by molar-refractivity contribution is 6.17. The summed E-state index contributed by atoms with van der Waals surface area (Å²) in [5.74, 6) is 0.0780. The number of ketones is 1. The molecule has 2 aliphatic rings. The average molecular weight is 504 g/mol. The second-order valence-corrected chi connectivity index (χ2v) is 12.2. The molecule has 0 atom stereocenters. The number of para-hydroxylation sites is 2. The quantitative estimate of drug-likeness (QED) is 0.216. The maximum absolute atomic E-state index is 14.3. The van der Waals surface area contributed by atoms with Gasteiger partial charge in [0.05, 0.1) is 16.7 Å². The summed E-state index contributed by atoms with van der Waals surface area (Å²) >= 11 is 0. The Balaban J connectivity index is 1.37. The Hall–Kier alpha value is -4.43. The molecule has 2 heteroatoms. The molecule has 0 saturated carbocycles. The monoisotopic (exact) mass is 503 g/mol. The zero-order chi connectivity index (χ0) is 26.7. The van der Waals surface area contributed by atoms with Crippen LogP contribution in [-0.4, -0.2) is 10.4 Å². The lowest BCUT2D eigenvalue weighted by atomic mass is 9.74. The fraction of sp³-hybridized carbons (Fsp3) is 0.162. The number of hydrogen-bond acceptors (Lipinski definition) is 1. The van der Waals surface area contributed by atoms with E-state index in [-0.39, 0.29) is 16.6 Å². The number of carbonyl (C=O) groups excluding carboxylic acids is 1. The third-order valence-electron chi connectivity index (χ3n) is 9.37. The van der Waals surface area contributed by atoms with Gasteiger partial charge in [0.1, 0.15) is 0 Å². The second-order valence-electron chi connectivity index (χ2n) is 12.2. The van der Waals surface area contributed by atoms with E-state index in [1.54, 1.807) is 0 Å². The highest BCUT2D eigenvalue weighted by Crippen LogP contribution is 2.50. The van der Waals surface area contributed by atoms with E-state index in [2.05, 4.69) is 129 Å². The fourth-order valence-electron chi connectivity index (χ4n) is 7.31. The van der Waals surface area contributed by atoms with Crippen molar-refractivity contribution in [1.82, 2.24) is 4.57 Å². The van der Waals surface area contributed by atoms with Crippen LogP contribution in [0.5, 0.6) is 0 Å². The lowest BCUT2D eigenvalue weighted by Crippen LogP contribution is -2.26. The molecule has 0 N–H and O–H groups in total. The van der Waals surface area contributed by atoms with Gasteiger partial charge in [-0.2, -0.15) is 0 Å². The third kappa shape index (κ3) is 2.79. The normalized spacial score (nSPS) is 15.7. The molecule has 0 amide bonds. The lowest BCUT2D eigenvalue weighted by molar-refractivity contribution is 0.103. The van der Waals surface area contributed by atoms with Gasteiger partial charge in [-0.15, -0.1) is 0 Å². The molecule has 0 radical (unpaired) electrons. The van der Waals surface area contributed by atoms with Gasteiger partial charge in [-0.3, -0.25) is 4.79 Å². The molecule has 8 rings (SSSR count). The Kier molecular flexibility index (Phi) is 4.25. The first-order valence-corrected chi connectivity index (χ1v) is 13.7. The van der Waals surface area contributed by atoms with E-state index in [4.69, 9.17) is 0 Å². The van der Waals surface area contributed by atoms with E-state index in [0.29, 0.717) is 0 Å². The van der Waals surface area contributed by atoms with E-state index < -0.39 is 0 Å². The molecule has 0 unspecified atom stereocenters. The van der Waals surface area contributed by atoms with E-state index in [1.807, 2.05) is 6.07 Å². The number of benzene rings is 5. The smallest absolute Gasteiger partial charge is 0.193 e. The Morgan fingerprint density at radius 3 is 2.05 bits per heavy atom. The molecule has 5 aromatic carbocycles. The van der Waals surface area contributed by atoms with Gasteiger partial charge >= 0.3 is 0 Å². The minimum absolute atomic E-state index is 0.0780. The fourth-order valence-corrected chi connectivity index (χ4v) is 7.31. The molecule has 0 bridgehead atoms. The third-order valence-corrected chi connectivity index (χ3v) is 9.37. The predicted molar refractivity (Wildman–Crippen MR) is 160 cm³/mol. The molecular weight excluding hydrogens is 474 g/mol. The van der Waals surface area contributed by atoms with Crippen LogP contribution in [0.2, 0.25) is 0 Å². The van der Waals surface area contributed by atoms with Crippen LogP contribution in [0, 0.1) is 0 Å². The average Bonchev–Trinajstić information content (AvgIpc) is 3.41. The SMILES string of the molecule is CC1(C)c2ccccc2-c2ccc(C(=O)c3cc4c5c(c3)c3ccccc3n5-c3ccccc3C4(C)C)cc21. The minimum Gasteiger partial charge on any atom is -0.309 e. The summed E-state index contributed by atoms with van der Waals surface area (Å²) in [6.07, 6.45) is 0. The van der Waals surface area contributed by atoms with Crippen LogP contribution in [0.25, 0.3) is 38.6 Å². The van der Waals surface area contributed by atoms with E-state index >= 15 is 0 Å². The summed E-state index contributed by atoms with van der Waals surface area (Å²) in [4.78, 5) is 14.3. The molecular formula is C37H29NO. The van der Waals surface area contributed by atoms with Gasteiger partial charge in [0.2, 0.25) is 0 Å². The zero-order valence-corrected chi connectivity index (χ0v) is 22.7. The topological polar surface area (TPSA) is 22.0 Å². The largest absolute Gasteiger partial charge is 0.309 e. The molecule has 0 spiro atoms. The van der Waals surface area contributed by atoms with Gasteiger partial charge in [-0.05, 0) is 63.7 Å². The van der Waals surface area contributed by atoms with Gasteiger partial charge in [-0.25, -0.2) is 0 Å². The van der Waals surface area contributed by atoms with Crippen molar-refractivity contribution in [1.29, 1.82) is 0 Å². The van der Waals surface area contributed by atoms with Crippen molar-refractivity contribution in [3.8, 4) is 16.8 Å². The maximum atomic E-state index is 14.3. The molecule has 1 aliphatic heterocycles.